The maximum absolute atomic E-state index is 13.0. The van der Waals surface area contributed by atoms with E-state index in [2.05, 4.69) is 15.5 Å². The summed E-state index contributed by atoms with van der Waals surface area (Å²) in [6, 6.07) is 9.39. The van der Waals surface area contributed by atoms with Crippen molar-refractivity contribution in [1.29, 1.82) is 0 Å². The van der Waals surface area contributed by atoms with Gasteiger partial charge in [-0.05, 0) is 36.4 Å². The minimum Gasteiger partial charge on any atom is -0.497 e. The zero-order valence-corrected chi connectivity index (χ0v) is 17.7. The molecule has 13 heteroatoms. The number of aromatic amines is 1. The summed E-state index contributed by atoms with van der Waals surface area (Å²) in [5.74, 6) is -1.15. The van der Waals surface area contributed by atoms with Gasteiger partial charge in [0.25, 0.3) is 5.91 Å². The molecule has 0 aliphatic rings. The molecule has 0 spiro atoms. The van der Waals surface area contributed by atoms with Gasteiger partial charge >= 0.3 is 11.6 Å². The van der Waals surface area contributed by atoms with Crippen molar-refractivity contribution in [3.63, 3.8) is 0 Å². The van der Waals surface area contributed by atoms with Gasteiger partial charge in [-0.2, -0.15) is 0 Å². The monoisotopic (exact) mass is 466 g/mol. The molecule has 3 rings (SSSR count). The summed E-state index contributed by atoms with van der Waals surface area (Å²) in [6.07, 6.45) is 0. The second-order valence-corrected chi connectivity index (χ2v) is 8.41. The Kier molecular flexibility index (Phi) is 6.13. The fourth-order valence-corrected chi connectivity index (χ4v) is 4.10. The predicted molar refractivity (Wildman–Crippen MR) is 110 cm³/mol. The van der Waals surface area contributed by atoms with E-state index in [9.17, 15) is 23.3 Å². The van der Waals surface area contributed by atoms with E-state index in [1.807, 2.05) is 0 Å². The van der Waals surface area contributed by atoms with Crippen LogP contribution in [0.5, 0.6) is 11.6 Å². The minimum absolute atomic E-state index is 0.0172. The van der Waals surface area contributed by atoms with Gasteiger partial charge in [-0.25, -0.2) is 8.42 Å². The quantitative estimate of drug-likeness (QED) is 0.397. The summed E-state index contributed by atoms with van der Waals surface area (Å²) in [5.41, 5.74) is -1.09. The van der Waals surface area contributed by atoms with E-state index < -0.39 is 32.0 Å². The lowest BCUT2D eigenvalue weighted by Crippen LogP contribution is -2.15. The molecular weight excluding hydrogens is 452 g/mol. The maximum Gasteiger partial charge on any atom is 0.362 e. The molecule has 0 aliphatic carbocycles. The average molecular weight is 467 g/mol. The molecule has 0 radical (unpaired) electrons. The lowest BCUT2D eigenvalue weighted by Gasteiger charge is -2.11. The van der Waals surface area contributed by atoms with E-state index in [-0.39, 0.29) is 27.1 Å². The second-order valence-electron chi connectivity index (χ2n) is 6.02. The zero-order valence-electron chi connectivity index (χ0n) is 16.1. The number of methoxy groups -OCH3 is 2. The van der Waals surface area contributed by atoms with E-state index >= 15 is 0 Å². The van der Waals surface area contributed by atoms with E-state index in [1.54, 1.807) is 0 Å². The van der Waals surface area contributed by atoms with E-state index in [4.69, 9.17) is 21.1 Å². The van der Waals surface area contributed by atoms with Crippen LogP contribution in [-0.2, 0) is 9.84 Å². The van der Waals surface area contributed by atoms with E-state index in [1.165, 1.54) is 56.7 Å². The second kappa shape index (κ2) is 8.62. The molecule has 0 unspecified atom stereocenters. The third-order valence-electron chi connectivity index (χ3n) is 4.12. The Balaban J connectivity index is 2.00. The molecular formula is C18H15ClN4O7S. The number of anilines is 1. The van der Waals surface area contributed by atoms with Crippen molar-refractivity contribution in [3.05, 3.63) is 63.3 Å². The average Bonchev–Trinajstić information content (AvgIpc) is 3.18. The zero-order chi connectivity index (χ0) is 22.8. The van der Waals surface area contributed by atoms with Crippen LogP contribution in [0.25, 0.3) is 0 Å². The number of sulfone groups is 1. The summed E-state index contributed by atoms with van der Waals surface area (Å²) < 4.78 is 35.9. The summed E-state index contributed by atoms with van der Waals surface area (Å²) in [5, 5.41) is 19.9. The van der Waals surface area contributed by atoms with Crippen molar-refractivity contribution in [3.8, 4) is 11.6 Å². The van der Waals surface area contributed by atoms with Crippen molar-refractivity contribution in [2.75, 3.05) is 19.5 Å². The molecule has 11 nitrogen and oxygen atoms in total. The Hall–Kier alpha value is -3.64. The molecule has 0 aliphatic heterocycles. The molecule has 0 fully saturated rings. The highest BCUT2D eigenvalue weighted by atomic mass is 35.5. The van der Waals surface area contributed by atoms with Crippen LogP contribution >= 0.6 is 11.6 Å². The molecule has 0 saturated carbocycles. The summed E-state index contributed by atoms with van der Waals surface area (Å²) in [6.45, 7) is 0. The number of amides is 1. The number of hydrogen-bond acceptors (Lipinski definition) is 8. The van der Waals surface area contributed by atoms with Crippen molar-refractivity contribution in [2.45, 2.75) is 9.79 Å². The number of H-pyrrole nitrogens is 1. The number of aromatic nitrogens is 2. The molecule has 2 N–H and O–H groups in total. The SMILES string of the molecule is COc1cc(NC(=O)c2[nH]nc(OC)c2[N+](=O)[O-])cc(S(=O)(=O)c2ccc(Cl)cc2)c1. The number of nitrogens with zero attached hydrogens (tertiary/aromatic N) is 2. The fraction of sp³-hybridized carbons (Fsp3) is 0.111. The lowest BCUT2D eigenvalue weighted by molar-refractivity contribution is -0.386. The Labute approximate surface area is 181 Å². The molecule has 0 saturated heterocycles. The summed E-state index contributed by atoms with van der Waals surface area (Å²) in [7, 11) is -1.48. The Morgan fingerprint density at radius 2 is 1.81 bits per heavy atom. The van der Waals surface area contributed by atoms with Crippen molar-refractivity contribution in [2.24, 2.45) is 0 Å². The Bertz CT molecular complexity index is 1260. The molecule has 3 aromatic rings. The van der Waals surface area contributed by atoms with Gasteiger partial charge in [0.1, 0.15) is 5.75 Å². The van der Waals surface area contributed by atoms with Gasteiger partial charge in [0.2, 0.25) is 15.5 Å². The first-order chi connectivity index (χ1) is 14.7. The molecule has 31 heavy (non-hydrogen) atoms. The molecule has 1 heterocycles. The number of halogens is 1. The van der Waals surface area contributed by atoms with Crippen molar-refractivity contribution >= 4 is 38.7 Å². The number of hydrogen-bond donors (Lipinski definition) is 2. The summed E-state index contributed by atoms with van der Waals surface area (Å²) in [4.78, 5) is 22.8. The van der Waals surface area contributed by atoms with Crippen LogP contribution in [0.1, 0.15) is 10.5 Å². The normalized spacial score (nSPS) is 11.1. The number of rotatable bonds is 7. The molecule has 1 amide bonds. The third kappa shape index (κ3) is 4.44. The molecule has 0 bridgehead atoms. The number of ether oxygens (including phenoxy) is 2. The maximum atomic E-state index is 13.0. The van der Waals surface area contributed by atoms with Gasteiger partial charge < -0.3 is 14.8 Å². The van der Waals surface area contributed by atoms with Gasteiger partial charge in [-0.1, -0.05) is 11.6 Å². The van der Waals surface area contributed by atoms with Gasteiger partial charge in [0, 0.05) is 16.8 Å². The third-order valence-corrected chi connectivity index (χ3v) is 6.12. The summed E-state index contributed by atoms with van der Waals surface area (Å²) >= 11 is 5.82. The standard InChI is InChI=1S/C18H15ClN4O7S/c1-29-12-7-11(20-17(24)15-16(23(25)26)18(30-2)22-21-15)8-14(9-12)31(27,28)13-5-3-10(19)4-6-13/h3-9H,1-2H3,(H,20,24)(H,21,22). The van der Waals surface area contributed by atoms with Crippen LogP contribution in [0.3, 0.4) is 0 Å². The van der Waals surface area contributed by atoms with Crippen LogP contribution in [0.2, 0.25) is 5.02 Å². The smallest absolute Gasteiger partial charge is 0.362 e. The molecule has 2 aromatic carbocycles. The van der Waals surface area contributed by atoms with Crippen LogP contribution in [0.15, 0.2) is 52.3 Å². The van der Waals surface area contributed by atoms with Crippen LogP contribution in [-0.4, -0.2) is 43.7 Å². The topological polar surface area (TPSA) is 154 Å². The number of nitrogens with one attached hydrogen (secondary N) is 2. The van der Waals surface area contributed by atoms with Crippen molar-refractivity contribution < 1.29 is 27.6 Å². The number of carbonyl (C=O) groups is 1. The number of nitro groups is 1. The Morgan fingerprint density at radius 1 is 1.13 bits per heavy atom. The van der Waals surface area contributed by atoms with Gasteiger partial charge in [0.15, 0.2) is 0 Å². The Morgan fingerprint density at radius 3 is 2.39 bits per heavy atom. The van der Waals surface area contributed by atoms with Gasteiger partial charge in [-0.15, -0.1) is 5.10 Å². The van der Waals surface area contributed by atoms with Crippen LogP contribution in [0.4, 0.5) is 11.4 Å². The fourth-order valence-electron chi connectivity index (χ4n) is 2.65. The van der Waals surface area contributed by atoms with Gasteiger partial charge in [-0.3, -0.25) is 20.0 Å². The highest BCUT2D eigenvalue weighted by Crippen LogP contribution is 2.31. The molecule has 162 valence electrons. The minimum atomic E-state index is -3.97. The first-order valence-corrected chi connectivity index (χ1v) is 10.3. The number of carbonyl (C=O) groups excluding carboxylic acids is 1. The van der Waals surface area contributed by atoms with Crippen molar-refractivity contribution in [1.82, 2.24) is 10.2 Å². The number of benzene rings is 2. The largest absolute Gasteiger partial charge is 0.497 e. The lowest BCUT2D eigenvalue weighted by atomic mass is 10.2. The highest BCUT2D eigenvalue weighted by Gasteiger charge is 2.30. The van der Waals surface area contributed by atoms with E-state index in [0.717, 1.165) is 0 Å². The predicted octanol–water partition coefficient (Wildman–Crippen LogP) is 3.07. The highest BCUT2D eigenvalue weighted by molar-refractivity contribution is 7.91. The first-order valence-electron chi connectivity index (χ1n) is 8.45. The first kappa shape index (κ1) is 22.1. The molecule has 0 atom stereocenters. The van der Waals surface area contributed by atoms with E-state index in [0.29, 0.717) is 5.02 Å². The molecule has 1 aromatic heterocycles. The van der Waals surface area contributed by atoms with Crippen LogP contribution in [0, 0.1) is 10.1 Å². The van der Waals surface area contributed by atoms with Crippen LogP contribution < -0.4 is 14.8 Å². The van der Waals surface area contributed by atoms with Gasteiger partial charge in [0.05, 0.1) is 28.9 Å².